The van der Waals surface area contributed by atoms with Gasteiger partial charge in [-0.3, -0.25) is 9.71 Å². The van der Waals surface area contributed by atoms with Crippen molar-refractivity contribution in [3.05, 3.63) is 42.0 Å². The zero-order valence-electron chi connectivity index (χ0n) is 10.9. The quantitative estimate of drug-likeness (QED) is 0.883. The van der Waals surface area contributed by atoms with Crippen molar-refractivity contribution in [2.24, 2.45) is 7.05 Å². The van der Waals surface area contributed by atoms with Crippen molar-refractivity contribution >= 4 is 21.7 Å². The average molecular weight is 295 g/mol. The Morgan fingerprint density at radius 2 is 2.10 bits per heavy atom. The van der Waals surface area contributed by atoms with E-state index in [9.17, 15) is 13.2 Å². The molecule has 2 heterocycles. The van der Waals surface area contributed by atoms with Crippen molar-refractivity contribution in [2.45, 2.75) is 11.8 Å². The molecular formula is C12H13N3O4S. The summed E-state index contributed by atoms with van der Waals surface area (Å²) in [7, 11) is -2.36. The van der Waals surface area contributed by atoms with Gasteiger partial charge in [-0.15, -0.1) is 0 Å². The summed E-state index contributed by atoms with van der Waals surface area (Å²) in [4.78, 5) is 14.8. The van der Waals surface area contributed by atoms with Crippen molar-refractivity contribution in [3.8, 4) is 0 Å². The third kappa shape index (κ3) is 2.80. The minimum absolute atomic E-state index is 0.101. The van der Waals surface area contributed by atoms with Crippen LogP contribution in [0.2, 0.25) is 0 Å². The van der Waals surface area contributed by atoms with Crippen LogP contribution in [0.25, 0.3) is 0 Å². The maximum absolute atomic E-state index is 12.2. The zero-order valence-corrected chi connectivity index (χ0v) is 11.7. The van der Waals surface area contributed by atoms with E-state index in [4.69, 9.17) is 5.11 Å². The molecule has 20 heavy (non-hydrogen) atoms. The van der Waals surface area contributed by atoms with Crippen LogP contribution < -0.4 is 4.72 Å². The Labute approximate surface area is 115 Å². The van der Waals surface area contributed by atoms with Gasteiger partial charge in [0, 0.05) is 25.1 Å². The van der Waals surface area contributed by atoms with Gasteiger partial charge in [-0.25, -0.2) is 13.2 Å². The predicted molar refractivity (Wildman–Crippen MR) is 72.2 cm³/mol. The van der Waals surface area contributed by atoms with Crippen LogP contribution in [0.1, 0.15) is 16.2 Å². The number of carbonyl (C=O) groups is 1. The fraction of sp³-hybridized carbons (Fsp3) is 0.167. The summed E-state index contributed by atoms with van der Waals surface area (Å²) in [5.41, 5.74) is 0.944. The van der Waals surface area contributed by atoms with Crippen molar-refractivity contribution in [1.29, 1.82) is 0 Å². The lowest BCUT2D eigenvalue weighted by atomic mass is 10.3. The maximum atomic E-state index is 12.2. The molecule has 0 bridgehead atoms. The van der Waals surface area contributed by atoms with E-state index in [-0.39, 0.29) is 10.6 Å². The van der Waals surface area contributed by atoms with Crippen molar-refractivity contribution in [2.75, 3.05) is 4.72 Å². The van der Waals surface area contributed by atoms with E-state index in [1.54, 1.807) is 13.0 Å². The monoisotopic (exact) mass is 295 g/mol. The summed E-state index contributed by atoms with van der Waals surface area (Å²) in [5, 5.41) is 8.93. The Kier molecular flexibility index (Phi) is 3.49. The Bertz CT molecular complexity index is 765. The second-order valence-electron chi connectivity index (χ2n) is 4.27. The Morgan fingerprint density at radius 3 is 2.65 bits per heavy atom. The molecule has 0 radical (unpaired) electrons. The lowest BCUT2D eigenvalue weighted by Crippen LogP contribution is -2.12. The number of aromatic nitrogens is 2. The van der Waals surface area contributed by atoms with Gasteiger partial charge >= 0.3 is 5.97 Å². The number of nitrogens with zero attached hydrogens (tertiary/aromatic N) is 2. The zero-order chi connectivity index (χ0) is 14.9. The third-order valence-electron chi connectivity index (χ3n) is 2.66. The molecular weight excluding hydrogens is 282 g/mol. The second kappa shape index (κ2) is 4.97. The number of hydrogen-bond donors (Lipinski definition) is 2. The predicted octanol–water partition coefficient (Wildman–Crippen LogP) is 1.23. The van der Waals surface area contributed by atoms with E-state index < -0.39 is 16.0 Å². The molecule has 2 N–H and O–H groups in total. The van der Waals surface area contributed by atoms with Crippen LogP contribution in [0.5, 0.6) is 0 Å². The van der Waals surface area contributed by atoms with Crippen molar-refractivity contribution in [1.82, 2.24) is 9.55 Å². The molecule has 0 aromatic carbocycles. The number of hydrogen-bond acceptors (Lipinski definition) is 4. The van der Waals surface area contributed by atoms with Gasteiger partial charge in [0.05, 0.1) is 5.69 Å². The molecule has 0 saturated heterocycles. The van der Waals surface area contributed by atoms with E-state index in [1.165, 1.54) is 30.1 Å². The molecule has 0 atom stereocenters. The van der Waals surface area contributed by atoms with Crippen molar-refractivity contribution in [3.63, 3.8) is 0 Å². The largest absolute Gasteiger partial charge is 0.477 e. The standard InChI is InChI=1S/C12H13N3O4S/c1-8-5-9(3-4-13-8)14-20(18,19)10-6-11(12(16)17)15(2)7-10/h3-7H,1-2H3,(H,13,14)(H,16,17). The first-order chi connectivity index (χ1) is 9.29. The molecule has 0 saturated carbocycles. The van der Waals surface area contributed by atoms with Crippen LogP contribution >= 0.6 is 0 Å². The summed E-state index contributed by atoms with van der Waals surface area (Å²) < 4.78 is 28.0. The molecule has 0 spiro atoms. The highest BCUT2D eigenvalue weighted by Crippen LogP contribution is 2.18. The highest BCUT2D eigenvalue weighted by Gasteiger charge is 2.20. The number of aryl methyl sites for hydroxylation is 2. The number of aromatic carboxylic acids is 1. The lowest BCUT2D eigenvalue weighted by molar-refractivity contribution is 0.0686. The highest BCUT2D eigenvalue weighted by atomic mass is 32.2. The van der Waals surface area contributed by atoms with Gasteiger partial charge in [-0.2, -0.15) is 0 Å². The molecule has 0 amide bonds. The van der Waals surface area contributed by atoms with E-state index in [0.717, 1.165) is 6.07 Å². The number of anilines is 1. The summed E-state index contributed by atoms with van der Waals surface area (Å²) in [5.74, 6) is -1.19. The highest BCUT2D eigenvalue weighted by molar-refractivity contribution is 7.92. The molecule has 2 aromatic rings. The smallest absolute Gasteiger partial charge is 0.352 e. The molecule has 0 unspecified atom stereocenters. The van der Waals surface area contributed by atoms with Gasteiger partial charge < -0.3 is 9.67 Å². The van der Waals surface area contributed by atoms with Crippen molar-refractivity contribution < 1.29 is 18.3 Å². The van der Waals surface area contributed by atoms with Crippen LogP contribution in [-0.4, -0.2) is 29.0 Å². The van der Waals surface area contributed by atoms with E-state index in [1.807, 2.05) is 0 Å². The number of carboxylic acid groups (broad SMARTS) is 1. The first-order valence-corrected chi connectivity index (χ1v) is 7.13. The Morgan fingerprint density at radius 1 is 1.40 bits per heavy atom. The molecule has 8 heteroatoms. The van der Waals surface area contributed by atoms with Gasteiger partial charge in [0.2, 0.25) is 0 Å². The van der Waals surface area contributed by atoms with Gasteiger partial charge in [-0.1, -0.05) is 0 Å². The number of nitrogens with one attached hydrogen (secondary N) is 1. The Hall–Kier alpha value is -2.35. The minimum atomic E-state index is -3.83. The van der Waals surface area contributed by atoms with E-state index in [0.29, 0.717) is 11.4 Å². The maximum Gasteiger partial charge on any atom is 0.352 e. The molecule has 0 aliphatic carbocycles. The molecule has 2 rings (SSSR count). The number of pyridine rings is 1. The molecule has 7 nitrogen and oxygen atoms in total. The van der Waals surface area contributed by atoms with E-state index >= 15 is 0 Å². The van der Waals surface area contributed by atoms with Crippen LogP contribution in [0, 0.1) is 6.92 Å². The van der Waals surface area contributed by atoms with Gasteiger partial charge in [-0.05, 0) is 25.1 Å². The Balaban J connectivity index is 2.36. The summed E-state index contributed by atoms with van der Waals surface area (Å²) in [6.45, 7) is 1.74. The van der Waals surface area contributed by atoms with Crippen LogP contribution in [-0.2, 0) is 17.1 Å². The molecule has 2 aromatic heterocycles. The first-order valence-electron chi connectivity index (χ1n) is 5.65. The minimum Gasteiger partial charge on any atom is -0.477 e. The van der Waals surface area contributed by atoms with Gasteiger partial charge in [0.25, 0.3) is 10.0 Å². The summed E-state index contributed by atoms with van der Waals surface area (Å²) in [6, 6.07) is 4.21. The third-order valence-corrected chi connectivity index (χ3v) is 4.01. The normalized spacial score (nSPS) is 11.3. The molecule has 106 valence electrons. The number of sulfonamides is 1. The average Bonchev–Trinajstić information content (AvgIpc) is 2.71. The number of rotatable bonds is 4. The number of carboxylic acids is 1. The first kappa shape index (κ1) is 14.1. The SMILES string of the molecule is Cc1cc(NS(=O)(=O)c2cc(C(=O)O)n(C)c2)ccn1. The van der Waals surface area contributed by atoms with Gasteiger partial charge in [0.1, 0.15) is 10.6 Å². The molecule has 0 aliphatic heterocycles. The topological polar surface area (TPSA) is 101 Å². The van der Waals surface area contributed by atoms with Crippen LogP contribution in [0.4, 0.5) is 5.69 Å². The fourth-order valence-corrected chi connectivity index (χ4v) is 2.84. The van der Waals surface area contributed by atoms with Crippen LogP contribution in [0.3, 0.4) is 0 Å². The van der Waals surface area contributed by atoms with Crippen LogP contribution in [0.15, 0.2) is 35.5 Å². The van der Waals surface area contributed by atoms with Gasteiger partial charge in [0.15, 0.2) is 0 Å². The molecule has 0 fully saturated rings. The second-order valence-corrected chi connectivity index (χ2v) is 5.95. The summed E-state index contributed by atoms with van der Waals surface area (Å²) in [6.07, 6.45) is 2.74. The summed E-state index contributed by atoms with van der Waals surface area (Å²) >= 11 is 0. The molecule has 0 aliphatic rings. The lowest BCUT2D eigenvalue weighted by Gasteiger charge is -2.06. The van der Waals surface area contributed by atoms with E-state index in [2.05, 4.69) is 9.71 Å². The fourth-order valence-electron chi connectivity index (χ4n) is 1.72.